The summed E-state index contributed by atoms with van der Waals surface area (Å²) < 4.78 is 44.4. The van der Waals surface area contributed by atoms with E-state index < -0.39 is 21.2 Å². The van der Waals surface area contributed by atoms with Crippen molar-refractivity contribution in [1.82, 2.24) is 0 Å². The predicted octanol–water partition coefficient (Wildman–Crippen LogP) is 3.24. The summed E-state index contributed by atoms with van der Waals surface area (Å²) in [6.07, 6.45) is 0. The summed E-state index contributed by atoms with van der Waals surface area (Å²) in [6, 6.07) is 9.69. The Hall–Kier alpha value is -2.39. The molecule has 0 aromatic heterocycles. The van der Waals surface area contributed by atoms with Crippen molar-refractivity contribution >= 4 is 9.84 Å². The molecule has 0 saturated heterocycles. The number of hydrogen-bond acceptors (Lipinski definition) is 4. The quantitative estimate of drug-likeness (QED) is 0.867. The standard InChI is InChI=1S/C16H14FNO3S/c1-3-21-12-7-11(2)8-13(9-12)22(19,20)16-6-4-5-15(17)14(16)10-18/h4-9H,3H2,1-2H3. The fourth-order valence-corrected chi connectivity index (χ4v) is 3.62. The smallest absolute Gasteiger partial charge is 0.208 e. The number of nitriles is 1. The number of rotatable bonds is 4. The second-order valence-corrected chi connectivity index (χ2v) is 6.56. The molecule has 0 aliphatic carbocycles. The highest BCUT2D eigenvalue weighted by atomic mass is 32.2. The molecule has 0 unspecified atom stereocenters. The van der Waals surface area contributed by atoms with Crippen molar-refractivity contribution in [2.75, 3.05) is 6.61 Å². The second kappa shape index (κ2) is 6.16. The normalized spacial score (nSPS) is 11.0. The Morgan fingerprint density at radius 2 is 2.00 bits per heavy atom. The molecule has 0 saturated carbocycles. The number of aryl methyl sites for hydroxylation is 1. The molecule has 2 aromatic carbocycles. The summed E-state index contributed by atoms with van der Waals surface area (Å²) in [5, 5.41) is 9.02. The molecule has 0 radical (unpaired) electrons. The van der Waals surface area contributed by atoms with Gasteiger partial charge in [0, 0.05) is 0 Å². The SMILES string of the molecule is CCOc1cc(C)cc(S(=O)(=O)c2cccc(F)c2C#N)c1. The summed E-state index contributed by atoms with van der Waals surface area (Å²) >= 11 is 0. The van der Waals surface area contributed by atoms with Crippen LogP contribution in [0, 0.1) is 24.1 Å². The van der Waals surface area contributed by atoms with Gasteiger partial charge in [0.1, 0.15) is 23.2 Å². The number of ether oxygens (including phenoxy) is 1. The predicted molar refractivity (Wildman–Crippen MR) is 78.9 cm³/mol. The van der Waals surface area contributed by atoms with Crippen LogP contribution in [0.4, 0.5) is 4.39 Å². The zero-order valence-electron chi connectivity index (χ0n) is 12.1. The van der Waals surface area contributed by atoms with Crippen LogP contribution in [0.2, 0.25) is 0 Å². The van der Waals surface area contributed by atoms with E-state index in [1.165, 1.54) is 24.3 Å². The van der Waals surface area contributed by atoms with Gasteiger partial charge in [-0.2, -0.15) is 5.26 Å². The molecule has 0 spiro atoms. The van der Waals surface area contributed by atoms with Gasteiger partial charge >= 0.3 is 0 Å². The monoisotopic (exact) mass is 319 g/mol. The van der Waals surface area contributed by atoms with Crippen molar-refractivity contribution < 1.29 is 17.5 Å². The van der Waals surface area contributed by atoms with Crippen molar-refractivity contribution in [3.8, 4) is 11.8 Å². The van der Waals surface area contributed by atoms with Gasteiger partial charge in [-0.05, 0) is 49.7 Å². The topological polar surface area (TPSA) is 67.2 Å². The Morgan fingerprint density at radius 1 is 1.27 bits per heavy atom. The minimum atomic E-state index is -4.01. The average molecular weight is 319 g/mol. The van der Waals surface area contributed by atoms with Crippen LogP contribution in [-0.2, 0) is 9.84 Å². The maximum atomic E-state index is 13.7. The van der Waals surface area contributed by atoms with Gasteiger partial charge in [0.25, 0.3) is 0 Å². The van der Waals surface area contributed by atoms with Crippen LogP contribution in [0.1, 0.15) is 18.1 Å². The maximum Gasteiger partial charge on any atom is 0.208 e. The first-order valence-electron chi connectivity index (χ1n) is 6.58. The van der Waals surface area contributed by atoms with E-state index in [0.29, 0.717) is 17.9 Å². The number of halogens is 1. The molecule has 0 N–H and O–H groups in total. The first kappa shape index (κ1) is 16.0. The Balaban J connectivity index is 2.67. The molecule has 2 aromatic rings. The lowest BCUT2D eigenvalue weighted by Crippen LogP contribution is -2.07. The maximum absolute atomic E-state index is 13.7. The van der Waals surface area contributed by atoms with Gasteiger partial charge < -0.3 is 4.74 Å². The first-order chi connectivity index (χ1) is 10.4. The highest BCUT2D eigenvalue weighted by molar-refractivity contribution is 7.91. The van der Waals surface area contributed by atoms with E-state index in [2.05, 4.69) is 0 Å². The highest BCUT2D eigenvalue weighted by Crippen LogP contribution is 2.28. The van der Waals surface area contributed by atoms with E-state index in [9.17, 15) is 12.8 Å². The summed E-state index contributed by atoms with van der Waals surface area (Å²) in [6.45, 7) is 3.92. The molecule has 0 heterocycles. The lowest BCUT2D eigenvalue weighted by atomic mass is 10.2. The van der Waals surface area contributed by atoms with Gasteiger partial charge in [0.05, 0.1) is 16.4 Å². The van der Waals surface area contributed by atoms with Crippen LogP contribution in [-0.4, -0.2) is 15.0 Å². The molecule has 0 fully saturated rings. The fraction of sp³-hybridized carbons (Fsp3) is 0.188. The van der Waals surface area contributed by atoms with Crippen LogP contribution in [0.15, 0.2) is 46.2 Å². The Kier molecular flexibility index (Phi) is 4.48. The van der Waals surface area contributed by atoms with Crippen LogP contribution >= 0.6 is 0 Å². The highest BCUT2D eigenvalue weighted by Gasteiger charge is 2.24. The van der Waals surface area contributed by atoms with Crippen molar-refractivity contribution in [2.24, 2.45) is 0 Å². The lowest BCUT2D eigenvalue weighted by Gasteiger charge is -2.10. The van der Waals surface area contributed by atoms with Crippen LogP contribution < -0.4 is 4.74 Å². The van der Waals surface area contributed by atoms with Gasteiger partial charge in [-0.3, -0.25) is 0 Å². The van der Waals surface area contributed by atoms with E-state index in [0.717, 1.165) is 6.07 Å². The molecule has 2 rings (SSSR count). The Labute approximate surface area is 128 Å². The number of nitrogens with zero attached hydrogens (tertiary/aromatic N) is 1. The van der Waals surface area contributed by atoms with Gasteiger partial charge in [0.15, 0.2) is 0 Å². The third-order valence-corrected chi connectivity index (χ3v) is 4.80. The average Bonchev–Trinajstić information content (AvgIpc) is 2.46. The molecule has 0 aliphatic heterocycles. The molecule has 0 bridgehead atoms. The molecule has 6 heteroatoms. The minimum absolute atomic E-state index is 0.0296. The zero-order valence-corrected chi connectivity index (χ0v) is 12.9. The lowest BCUT2D eigenvalue weighted by molar-refractivity contribution is 0.339. The largest absolute Gasteiger partial charge is 0.494 e. The van der Waals surface area contributed by atoms with E-state index in [4.69, 9.17) is 10.00 Å². The van der Waals surface area contributed by atoms with Crippen LogP contribution in [0.25, 0.3) is 0 Å². The van der Waals surface area contributed by atoms with Gasteiger partial charge in [0.2, 0.25) is 9.84 Å². The van der Waals surface area contributed by atoms with Crippen molar-refractivity contribution in [3.05, 3.63) is 53.3 Å². The first-order valence-corrected chi connectivity index (χ1v) is 8.06. The second-order valence-electron chi connectivity index (χ2n) is 4.64. The summed E-state index contributed by atoms with van der Waals surface area (Å²) in [4.78, 5) is -0.374. The van der Waals surface area contributed by atoms with Crippen LogP contribution in [0.5, 0.6) is 5.75 Å². The number of hydrogen-bond donors (Lipinski definition) is 0. The third kappa shape index (κ3) is 2.95. The van der Waals surface area contributed by atoms with Gasteiger partial charge in [-0.15, -0.1) is 0 Å². The molecule has 0 atom stereocenters. The minimum Gasteiger partial charge on any atom is -0.494 e. The molecule has 0 amide bonds. The van der Waals surface area contributed by atoms with E-state index >= 15 is 0 Å². The van der Waals surface area contributed by atoms with E-state index in [-0.39, 0.29) is 9.79 Å². The molecular weight excluding hydrogens is 305 g/mol. The van der Waals surface area contributed by atoms with Gasteiger partial charge in [-0.1, -0.05) is 6.07 Å². The third-order valence-electron chi connectivity index (χ3n) is 3.02. The number of benzene rings is 2. The molecule has 114 valence electrons. The summed E-state index contributed by atoms with van der Waals surface area (Å²) in [5.74, 6) is -0.447. The van der Waals surface area contributed by atoms with Crippen molar-refractivity contribution in [2.45, 2.75) is 23.6 Å². The molecule has 22 heavy (non-hydrogen) atoms. The fourth-order valence-electron chi connectivity index (χ4n) is 2.08. The number of sulfone groups is 1. The van der Waals surface area contributed by atoms with E-state index in [1.807, 2.05) is 0 Å². The van der Waals surface area contributed by atoms with E-state index in [1.54, 1.807) is 26.0 Å². The summed E-state index contributed by atoms with van der Waals surface area (Å²) in [5.41, 5.74) is 0.210. The Morgan fingerprint density at radius 3 is 2.64 bits per heavy atom. The van der Waals surface area contributed by atoms with Crippen molar-refractivity contribution in [1.29, 1.82) is 5.26 Å². The summed E-state index contributed by atoms with van der Waals surface area (Å²) in [7, 11) is -4.01. The zero-order chi connectivity index (χ0) is 16.3. The van der Waals surface area contributed by atoms with Crippen molar-refractivity contribution in [3.63, 3.8) is 0 Å². The molecule has 0 aliphatic rings. The molecular formula is C16H14FNO3S. The molecule has 4 nitrogen and oxygen atoms in total. The van der Waals surface area contributed by atoms with Crippen LogP contribution in [0.3, 0.4) is 0 Å². The Bertz CT molecular complexity index is 854. The van der Waals surface area contributed by atoms with Gasteiger partial charge in [-0.25, -0.2) is 12.8 Å².